The molecule has 0 radical (unpaired) electrons. The number of amides is 1. The van der Waals surface area contributed by atoms with E-state index in [1.165, 1.54) is 0 Å². The maximum Gasteiger partial charge on any atom is 0.218 e. The van der Waals surface area contributed by atoms with Gasteiger partial charge in [-0.15, -0.1) is 0 Å². The standard InChI is InChI=1S/C12H22N4O/c1-3-11(4-2)16-8-6-10(15-16)9-14-7-5-12(13)17/h6,8,11,14H,3-5,7,9H2,1-2H3,(H2,13,17). The maximum atomic E-state index is 10.5. The van der Waals surface area contributed by atoms with Crippen molar-refractivity contribution in [1.82, 2.24) is 15.1 Å². The first-order valence-corrected chi connectivity index (χ1v) is 6.20. The van der Waals surface area contributed by atoms with Crippen LogP contribution in [0.1, 0.15) is 44.8 Å². The number of rotatable bonds is 8. The van der Waals surface area contributed by atoms with Gasteiger partial charge < -0.3 is 11.1 Å². The highest BCUT2D eigenvalue weighted by atomic mass is 16.1. The zero-order valence-electron chi connectivity index (χ0n) is 10.6. The lowest BCUT2D eigenvalue weighted by Gasteiger charge is -2.12. The van der Waals surface area contributed by atoms with Gasteiger partial charge in [-0.1, -0.05) is 13.8 Å². The summed E-state index contributed by atoms with van der Waals surface area (Å²) < 4.78 is 2.02. The SMILES string of the molecule is CCC(CC)n1ccc(CNCCC(N)=O)n1. The molecule has 0 spiro atoms. The van der Waals surface area contributed by atoms with Gasteiger partial charge in [0, 0.05) is 25.7 Å². The number of nitrogens with zero attached hydrogens (tertiary/aromatic N) is 2. The number of hydrogen-bond donors (Lipinski definition) is 2. The molecular weight excluding hydrogens is 216 g/mol. The zero-order valence-corrected chi connectivity index (χ0v) is 10.6. The molecule has 96 valence electrons. The minimum absolute atomic E-state index is 0.278. The van der Waals surface area contributed by atoms with E-state index in [-0.39, 0.29) is 5.91 Å². The minimum Gasteiger partial charge on any atom is -0.370 e. The van der Waals surface area contributed by atoms with Crippen LogP contribution < -0.4 is 11.1 Å². The Hall–Kier alpha value is -1.36. The van der Waals surface area contributed by atoms with Crippen LogP contribution in [0.2, 0.25) is 0 Å². The average Bonchev–Trinajstić information content (AvgIpc) is 2.75. The van der Waals surface area contributed by atoms with Crippen molar-refractivity contribution in [3.8, 4) is 0 Å². The number of nitrogens with one attached hydrogen (secondary N) is 1. The Balaban J connectivity index is 2.37. The Kier molecular flexibility index (Phi) is 5.69. The summed E-state index contributed by atoms with van der Waals surface area (Å²) in [5, 5.41) is 7.65. The minimum atomic E-state index is -0.278. The second-order valence-electron chi connectivity index (χ2n) is 4.15. The van der Waals surface area contributed by atoms with E-state index < -0.39 is 0 Å². The van der Waals surface area contributed by atoms with Crippen LogP contribution in [0.15, 0.2) is 12.3 Å². The molecular formula is C12H22N4O. The highest BCUT2D eigenvalue weighted by Crippen LogP contribution is 2.14. The molecule has 5 heteroatoms. The summed E-state index contributed by atoms with van der Waals surface area (Å²) in [4.78, 5) is 10.5. The summed E-state index contributed by atoms with van der Waals surface area (Å²) in [6, 6.07) is 2.49. The molecule has 1 heterocycles. The van der Waals surface area contributed by atoms with Crippen molar-refractivity contribution in [1.29, 1.82) is 0 Å². The van der Waals surface area contributed by atoms with Crippen molar-refractivity contribution >= 4 is 5.91 Å². The van der Waals surface area contributed by atoms with Crippen LogP contribution in [-0.2, 0) is 11.3 Å². The van der Waals surface area contributed by atoms with Crippen molar-refractivity contribution in [3.63, 3.8) is 0 Å². The van der Waals surface area contributed by atoms with Gasteiger partial charge in [0.25, 0.3) is 0 Å². The molecule has 0 unspecified atom stereocenters. The number of primary amides is 1. The Labute approximate surface area is 102 Å². The third kappa shape index (κ3) is 4.56. The number of hydrogen-bond acceptors (Lipinski definition) is 3. The van der Waals surface area contributed by atoms with E-state index >= 15 is 0 Å². The second kappa shape index (κ2) is 7.06. The van der Waals surface area contributed by atoms with Gasteiger partial charge >= 0.3 is 0 Å². The lowest BCUT2D eigenvalue weighted by Crippen LogP contribution is -2.22. The quantitative estimate of drug-likeness (QED) is 0.669. The molecule has 0 saturated heterocycles. The molecule has 5 nitrogen and oxygen atoms in total. The first-order valence-electron chi connectivity index (χ1n) is 6.20. The summed E-state index contributed by atoms with van der Waals surface area (Å²) in [6.07, 6.45) is 4.56. The predicted octanol–water partition coefficient (Wildman–Crippen LogP) is 1.21. The van der Waals surface area contributed by atoms with Gasteiger partial charge in [-0.3, -0.25) is 9.48 Å². The highest BCUT2D eigenvalue weighted by molar-refractivity contribution is 5.73. The number of carbonyl (C=O) groups is 1. The molecule has 0 bridgehead atoms. The molecule has 1 aromatic rings. The van der Waals surface area contributed by atoms with E-state index in [9.17, 15) is 4.79 Å². The fraction of sp³-hybridized carbons (Fsp3) is 0.667. The molecule has 0 fully saturated rings. The van der Waals surface area contributed by atoms with Gasteiger partial charge in [-0.25, -0.2) is 0 Å². The van der Waals surface area contributed by atoms with Crippen LogP contribution >= 0.6 is 0 Å². The van der Waals surface area contributed by atoms with E-state index in [0.717, 1.165) is 18.5 Å². The normalized spacial score (nSPS) is 11.0. The molecule has 0 aromatic carbocycles. The zero-order chi connectivity index (χ0) is 12.7. The van der Waals surface area contributed by atoms with E-state index in [1.807, 2.05) is 16.9 Å². The molecule has 17 heavy (non-hydrogen) atoms. The summed E-state index contributed by atoms with van der Waals surface area (Å²) in [5.74, 6) is -0.278. The van der Waals surface area contributed by atoms with Crippen molar-refractivity contribution in [3.05, 3.63) is 18.0 Å². The van der Waals surface area contributed by atoms with Crippen molar-refractivity contribution in [2.45, 2.75) is 45.7 Å². The molecule has 0 atom stereocenters. The van der Waals surface area contributed by atoms with Crippen LogP contribution in [0.25, 0.3) is 0 Å². The molecule has 0 aliphatic heterocycles. The molecule has 1 rings (SSSR count). The van der Waals surface area contributed by atoms with Gasteiger partial charge in [0.1, 0.15) is 0 Å². The van der Waals surface area contributed by atoms with Crippen molar-refractivity contribution in [2.24, 2.45) is 5.73 Å². The van der Waals surface area contributed by atoms with Gasteiger partial charge in [0.15, 0.2) is 0 Å². The molecule has 1 amide bonds. The van der Waals surface area contributed by atoms with Crippen LogP contribution in [-0.4, -0.2) is 22.2 Å². The summed E-state index contributed by atoms with van der Waals surface area (Å²) in [6.45, 7) is 5.62. The van der Waals surface area contributed by atoms with Crippen LogP contribution in [0, 0.1) is 0 Å². The molecule has 0 saturated carbocycles. The Bertz CT molecular complexity index is 344. The first kappa shape index (κ1) is 13.7. The van der Waals surface area contributed by atoms with E-state index in [2.05, 4.69) is 24.3 Å². The fourth-order valence-corrected chi connectivity index (χ4v) is 1.77. The lowest BCUT2D eigenvalue weighted by atomic mass is 10.2. The maximum absolute atomic E-state index is 10.5. The Morgan fingerprint density at radius 3 is 2.82 bits per heavy atom. The van der Waals surface area contributed by atoms with Crippen LogP contribution in [0.3, 0.4) is 0 Å². The molecule has 0 aliphatic carbocycles. The Morgan fingerprint density at radius 2 is 2.24 bits per heavy atom. The lowest BCUT2D eigenvalue weighted by molar-refractivity contribution is -0.117. The summed E-state index contributed by atoms with van der Waals surface area (Å²) in [5.41, 5.74) is 6.05. The average molecular weight is 238 g/mol. The van der Waals surface area contributed by atoms with E-state index in [4.69, 9.17) is 5.73 Å². The van der Waals surface area contributed by atoms with Crippen LogP contribution in [0.4, 0.5) is 0 Å². The van der Waals surface area contributed by atoms with Crippen molar-refractivity contribution < 1.29 is 4.79 Å². The largest absolute Gasteiger partial charge is 0.370 e. The fourth-order valence-electron chi connectivity index (χ4n) is 1.77. The monoisotopic (exact) mass is 238 g/mol. The summed E-state index contributed by atoms with van der Waals surface area (Å²) in [7, 11) is 0. The first-order chi connectivity index (χ1) is 8.17. The molecule has 1 aromatic heterocycles. The second-order valence-corrected chi connectivity index (χ2v) is 4.15. The topological polar surface area (TPSA) is 72.9 Å². The van der Waals surface area contributed by atoms with Gasteiger partial charge in [0.2, 0.25) is 5.91 Å². The molecule has 3 N–H and O–H groups in total. The van der Waals surface area contributed by atoms with Crippen molar-refractivity contribution in [2.75, 3.05) is 6.54 Å². The third-order valence-corrected chi connectivity index (χ3v) is 2.83. The number of nitrogens with two attached hydrogens (primary N) is 1. The summed E-state index contributed by atoms with van der Waals surface area (Å²) >= 11 is 0. The third-order valence-electron chi connectivity index (χ3n) is 2.83. The number of carbonyl (C=O) groups excluding carboxylic acids is 1. The van der Waals surface area contributed by atoms with Crippen LogP contribution in [0.5, 0.6) is 0 Å². The number of aromatic nitrogens is 2. The predicted molar refractivity (Wildman–Crippen MR) is 67.4 cm³/mol. The van der Waals surface area contributed by atoms with Gasteiger partial charge in [-0.2, -0.15) is 5.10 Å². The van der Waals surface area contributed by atoms with Gasteiger partial charge in [0.05, 0.1) is 11.7 Å². The van der Waals surface area contributed by atoms with Gasteiger partial charge in [-0.05, 0) is 18.9 Å². The van der Waals surface area contributed by atoms with E-state index in [1.54, 1.807) is 0 Å². The Morgan fingerprint density at radius 1 is 1.53 bits per heavy atom. The van der Waals surface area contributed by atoms with E-state index in [0.29, 0.717) is 25.6 Å². The molecule has 0 aliphatic rings. The smallest absolute Gasteiger partial charge is 0.218 e. The highest BCUT2D eigenvalue weighted by Gasteiger charge is 2.07.